The van der Waals surface area contributed by atoms with Gasteiger partial charge in [0.2, 0.25) is 0 Å². The van der Waals surface area contributed by atoms with Crippen LogP contribution in [0.25, 0.3) is 104 Å². The highest BCUT2D eigenvalue weighted by molar-refractivity contribution is 6.37. The van der Waals surface area contributed by atoms with Gasteiger partial charge in [-0.15, -0.1) is 0 Å². The minimum absolute atomic E-state index is 0.947. The fourth-order valence-corrected chi connectivity index (χ4v) is 8.32. The molecule has 0 aliphatic rings. The summed E-state index contributed by atoms with van der Waals surface area (Å²) in [6.45, 7) is 0. The molecule has 11 rings (SSSR count). The van der Waals surface area contributed by atoms with E-state index >= 15 is 0 Å². The molecule has 10 aromatic carbocycles. The molecule has 0 bridgehead atoms. The normalized spacial score (nSPS) is 12.1. The monoisotopic (exact) mass is 620 g/mol. The van der Waals surface area contributed by atoms with E-state index in [1.54, 1.807) is 0 Å². The molecule has 2 heteroatoms. The van der Waals surface area contributed by atoms with Gasteiger partial charge in [-0.3, -0.25) is 4.57 Å². The van der Waals surface area contributed by atoms with Crippen LogP contribution in [0.5, 0.6) is 0 Å². The molecule has 49 heavy (non-hydrogen) atoms. The fourth-order valence-electron chi connectivity index (χ4n) is 8.32. The Morgan fingerprint density at radius 3 is 1.55 bits per heavy atom. The zero-order chi connectivity index (χ0) is 32.1. The van der Waals surface area contributed by atoms with Crippen molar-refractivity contribution in [3.63, 3.8) is 0 Å². The maximum atomic E-state index is 5.06. The number of hydrogen-bond donors (Lipinski definition) is 0. The minimum atomic E-state index is 0.947. The van der Waals surface area contributed by atoms with Crippen molar-refractivity contribution in [2.45, 2.75) is 0 Å². The Kier molecular flexibility index (Phi) is 5.42. The minimum Gasteiger partial charge on any atom is -0.292 e. The molecule has 226 valence electrons. The van der Waals surface area contributed by atoms with E-state index in [1.807, 2.05) is 0 Å². The van der Waals surface area contributed by atoms with Gasteiger partial charge < -0.3 is 0 Å². The molecular weight excluding hydrogens is 593 g/mol. The molecule has 0 aliphatic heterocycles. The SMILES string of the molecule is c1ccc(-c2nc3ccccc3n2-c2ccc(-c3cc4ccc5cccc6c7cccc8ccc9cccc(c(c3)c4c56)c9c87)cc2)cc1. The Bertz CT molecular complexity index is 3070. The zero-order valence-electron chi connectivity index (χ0n) is 26.6. The molecule has 11 aromatic rings. The molecule has 0 unspecified atom stereocenters. The van der Waals surface area contributed by atoms with Crippen molar-refractivity contribution in [1.29, 1.82) is 0 Å². The van der Waals surface area contributed by atoms with Crippen LogP contribution in [0, 0.1) is 0 Å². The van der Waals surface area contributed by atoms with Gasteiger partial charge in [0, 0.05) is 11.3 Å². The summed E-state index contributed by atoms with van der Waals surface area (Å²) in [7, 11) is 0. The lowest BCUT2D eigenvalue weighted by molar-refractivity contribution is 1.10. The Balaban J connectivity index is 1.20. The summed E-state index contributed by atoms with van der Waals surface area (Å²) in [6.07, 6.45) is 0. The van der Waals surface area contributed by atoms with E-state index in [4.69, 9.17) is 4.98 Å². The first-order valence-electron chi connectivity index (χ1n) is 16.9. The van der Waals surface area contributed by atoms with Gasteiger partial charge in [0.15, 0.2) is 0 Å². The summed E-state index contributed by atoms with van der Waals surface area (Å²) >= 11 is 0. The third-order valence-corrected chi connectivity index (χ3v) is 10.5. The van der Waals surface area contributed by atoms with E-state index in [-0.39, 0.29) is 0 Å². The van der Waals surface area contributed by atoms with Crippen molar-refractivity contribution < 1.29 is 0 Å². The van der Waals surface area contributed by atoms with E-state index in [2.05, 4.69) is 174 Å². The molecule has 0 aliphatic carbocycles. The molecule has 0 radical (unpaired) electrons. The summed E-state index contributed by atoms with van der Waals surface area (Å²) < 4.78 is 2.28. The zero-order valence-corrected chi connectivity index (χ0v) is 26.6. The highest BCUT2D eigenvalue weighted by atomic mass is 15.1. The quantitative estimate of drug-likeness (QED) is 0.180. The molecule has 0 saturated carbocycles. The molecule has 0 saturated heterocycles. The maximum absolute atomic E-state index is 5.06. The van der Waals surface area contributed by atoms with Gasteiger partial charge in [0.1, 0.15) is 5.82 Å². The van der Waals surface area contributed by atoms with Crippen molar-refractivity contribution in [1.82, 2.24) is 9.55 Å². The average molecular weight is 621 g/mol. The van der Waals surface area contributed by atoms with Crippen molar-refractivity contribution in [2.24, 2.45) is 0 Å². The van der Waals surface area contributed by atoms with Crippen LogP contribution in [0.1, 0.15) is 0 Å². The number of nitrogens with zero attached hydrogens (tertiary/aromatic N) is 2. The van der Waals surface area contributed by atoms with Gasteiger partial charge in [-0.1, -0.05) is 133 Å². The van der Waals surface area contributed by atoms with Crippen molar-refractivity contribution in [3.8, 4) is 28.2 Å². The van der Waals surface area contributed by atoms with Gasteiger partial charge >= 0.3 is 0 Å². The molecule has 0 fully saturated rings. The summed E-state index contributed by atoms with van der Waals surface area (Å²) in [5.41, 5.74) is 6.68. The molecule has 1 aromatic heterocycles. The highest BCUT2D eigenvalue weighted by Crippen LogP contribution is 2.44. The number of fused-ring (bicyclic) bond motifs is 3. The second-order valence-corrected chi connectivity index (χ2v) is 13.1. The van der Waals surface area contributed by atoms with Crippen LogP contribution in [-0.4, -0.2) is 9.55 Å². The van der Waals surface area contributed by atoms with Gasteiger partial charge in [0.05, 0.1) is 11.0 Å². The Morgan fingerprint density at radius 1 is 0.347 bits per heavy atom. The largest absolute Gasteiger partial charge is 0.292 e. The number of aromatic nitrogens is 2. The molecular formula is C47H28N2. The van der Waals surface area contributed by atoms with Crippen LogP contribution in [0.4, 0.5) is 0 Å². The molecule has 0 amide bonds. The number of imidazole rings is 1. The number of hydrogen-bond acceptors (Lipinski definition) is 1. The second kappa shape index (κ2) is 10.00. The Hall–Kier alpha value is -6.51. The van der Waals surface area contributed by atoms with Crippen LogP contribution in [0.3, 0.4) is 0 Å². The van der Waals surface area contributed by atoms with E-state index in [1.165, 1.54) is 75.8 Å². The van der Waals surface area contributed by atoms with Gasteiger partial charge in [0.25, 0.3) is 0 Å². The summed E-state index contributed by atoms with van der Waals surface area (Å²) in [5, 5.41) is 15.6. The molecule has 0 N–H and O–H groups in total. The second-order valence-electron chi connectivity index (χ2n) is 13.1. The standard InChI is InChI=1S/C47H28N2/c1-2-9-33(10-3-1)47-48-41-17-4-5-18-42(41)49(47)36-25-23-29(24-26-36)35-27-34-22-21-32-12-7-15-38-37-14-6-11-30-19-20-31-13-8-16-39(45(31)43(30)37)40(28-35)46(34)44(32)38/h1-28H. The summed E-state index contributed by atoms with van der Waals surface area (Å²) in [5.74, 6) is 0.947. The van der Waals surface area contributed by atoms with Crippen molar-refractivity contribution >= 4 is 75.7 Å². The highest BCUT2D eigenvalue weighted by Gasteiger charge is 2.17. The van der Waals surface area contributed by atoms with Gasteiger partial charge in [-0.2, -0.15) is 0 Å². The number of para-hydroxylation sites is 2. The van der Waals surface area contributed by atoms with Crippen LogP contribution >= 0.6 is 0 Å². The third kappa shape index (κ3) is 3.80. The number of rotatable bonds is 3. The fraction of sp³-hybridized carbons (Fsp3) is 0. The van der Waals surface area contributed by atoms with Crippen molar-refractivity contribution in [3.05, 3.63) is 170 Å². The predicted octanol–water partition coefficient (Wildman–Crippen LogP) is 12.7. The van der Waals surface area contributed by atoms with Crippen LogP contribution in [-0.2, 0) is 0 Å². The van der Waals surface area contributed by atoms with E-state index in [9.17, 15) is 0 Å². The van der Waals surface area contributed by atoms with E-state index in [0.29, 0.717) is 0 Å². The lowest BCUT2D eigenvalue weighted by Gasteiger charge is -2.17. The smallest absolute Gasteiger partial charge is 0.145 e. The lowest BCUT2D eigenvalue weighted by Crippen LogP contribution is -1.97. The van der Waals surface area contributed by atoms with Crippen LogP contribution < -0.4 is 0 Å². The average Bonchev–Trinajstić information content (AvgIpc) is 3.56. The van der Waals surface area contributed by atoms with E-state index < -0.39 is 0 Å². The Labute approximate surface area is 282 Å². The first kappa shape index (κ1) is 26.5. The van der Waals surface area contributed by atoms with Crippen molar-refractivity contribution in [2.75, 3.05) is 0 Å². The van der Waals surface area contributed by atoms with Crippen LogP contribution in [0.2, 0.25) is 0 Å². The molecule has 0 spiro atoms. The summed E-state index contributed by atoms with van der Waals surface area (Å²) in [6, 6.07) is 62.1. The number of benzene rings is 9. The van der Waals surface area contributed by atoms with E-state index in [0.717, 1.165) is 28.1 Å². The molecule has 2 nitrogen and oxygen atoms in total. The predicted molar refractivity (Wildman–Crippen MR) is 208 cm³/mol. The first-order chi connectivity index (χ1) is 24.3. The summed E-state index contributed by atoms with van der Waals surface area (Å²) in [4.78, 5) is 5.06. The lowest BCUT2D eigenvalue weighted by atomic mass is 9.86. The van der Waals surface area contributed by atoms with Gasteiger partial charge in [-0.05, 0) is 112 Å². The van der Waals surface area contributed by atoms with Crippen LogP contribution in [0.15, 0.2) is 170 Å². The Morgan fingerprint density at radius 2 is 0.898 bits per heavy atom. The molecule has 1 heterocycles. The molecule has 0 atom stereocenters. The first-order valence-corrected chi connectivity index (χ1v) is 16.9. The third-order valence-electron chi connectivity index (χ3n) is 10.5. The maximum Gasteiger partial charge on any atom is 0.145 e. The van der Waals surface area contributed by atoms with Gasteiger partial charge in [-0.25, -0.2) is 4.98 Å². The topological polar surface area (TPSA) is 17.8 Å².